The van der Waals surface area contributed by atoms with Crippen molar-refractivity contribution in [3.8, 4) is 0 Å². The summed E-state index contributed by atoms with van der Waals surface area (Å²) in [6.07, 6.45) is 0.826. The summed E-state index contributed by atoms with van der Waals surface area (Å²) >= 11 is 5.82. The molecule has 1 aromatic carbocycles. The van der Waals surface area contributed by atoms with Crippen molar-refractivity contribution >= 4 is 11.6 Å². The first-order chi connectivity index (χ1) is 7.99. The number of halogens is 1. The van der Waals surface area contributed by atoms with Gasteiger partial charge in [0.05, 0.1) is 18.8 Å². The topological polar surface area (TPSA) is 52.5 Å². The Morgan fingerprint density at radius 2 is 1.76 bits per heavy atom. The molecule has 0 radical (unpaired) electrons. The molecule has 1 unspecified atom stereocenters. The third kappa shape index (κ3) is 4.64. The van der Waals surface area contributed by atoms with Crippen molar-refractivity contribution in [2.45, 2.75) is 31.8 Å². The lowest BCUT2D eigenvalue weighted by Crippen LogP contribution is -2.53. The van der Waals surface area contributed by atoms with E-state index in [4.69, 9.17) is 11.6 Å². The summed E-state index contributed by atoms with van der Waals surface area (Å²) in [5.41, 5.74) is 0.541. The molecule has 0 heterocycles. The van der Waals surface area contributed by atoms with E-state index >= 15 is 0 Å². The predicted molar refractivity (Wildman–Crippen MR) is 70.3 cm³/mol. The van der Waals surface area contributed by atoms with Gasteiger partial charge in [-0.15, -0.1) is 0 Å². The van der Waals surface area contributed by atoms with Crippen LogP contribution in [0.25, 0.3) is 0 Å². The highest BCUT2D eigenvalue weighted by atomic mass is 35.5. The normalized spacial score (nSPS) is 13.7. The summed E-state index contributed by atoms with van der Waals surface area (Å²) in [6, 6.07) is 7.85. The van der Waals surface area contributed by atoms with Gasteiger partial charge in [-0.3, -0.25) is 0 Å². The maximum atomic E-state index is 9.20. The van der Waals surface area contributed by atoms with E-state index in [0.29, 0.717) is 0 Å². The second kappa shape index (κ2) is 6.36. The molecule has 0 bridgehead atoms. The Morgan fingerprint density at radius 1 is 1.24 bits per heavy atom. The molecule has 0 saturated heterocycles. The van der Waals surface area contributed by atoms with Crippen LogP contribution in [-0.2, 0) is 6.42 Å². The Kier molecular flexibility index (Phi) is 5.40. The predicted octanol–water partition coefficient (Wildman–Crippen LogP) is 1.60. The van der Waals surface area contributed by atoms with E-state index in [1.165, 1.54) is 5.56 Å². The number of rotatable bonds is 6. The van der Waals surface area contributed by atoms with Gasteiger partial charge in [-0.2, -0.15) is 0 Å². The molecule has 1 atom stereocenters. The lowest BCUT2D eigenvalue weighted by Gasteiger charge is -2.30. The van der Waals surface area contributed by atoms with Crippen LogP contribution in [-0.4, -0.2) is 35.0 Å². The molecule has 1 rings (SSSR count). The van der Waals surface area contributed by atoms with Gasteiger partial charge in [-0.05, 0) is 38.0 Å². The molecule has 3 N–H and O–H groups in total. The van der Waals surface area contributed by atoms with Crippen molar-refractivity contribution in [3.63, 3.8) is 0 Å². The summed E-state index contributed by atoms with van der Waals surface area (Å²) in [5, 5.41) is 22.3. The molecule has 0 aromatic heterocycles. The Labute approximate surface area is 107 Å². The highest BCUT2D eigenvalue weighted by Crippen LogP contribution is 2.12. The van der Waals surface area contributed by atoms with Gasteiger partial charge in [-0.25, -0.2) is 0 Å². The van der Waals surface area contributed by atoms with Gasteiger partial charge in [0.15, 0.2) is 0 Å². The van der Waals surface area contributed by atoms with E-state index in [-0.39, 0.29) is 19.3 Å². The molecule has 0 aliphatic heterocycles. The first-order valence-corrected chi connectivity index (χ1v) is 6.11. The molecule has 96 valence electrons. The van der Waals surface area contributed by atoms with Crippen LogP contribution < -0.4 is 5.32 Å². The maximum Gasteiger partial charge on any atom is 0.0633 e. The first-order valence-electron chi connectivity index (χ1n) is 5.73. The van der Waals surface area contributed by atoms with E-state index in [2.05, 4.69) is 5.32 Å². The molecule has 17 heavy (non-hydrogen) atoms. The Balaban J connectivity index is 2.54. The number of hydrogen-bond acceptors (Lipinski definition) is 3. The third-order valence-corrected chi connectivity index (χ3v) is 3.00. The van der Waals surface area contributed by atoms with Crippen molar-refractivity contribution < 1.29 is 10.2 Å². The van der Waals surface area contributed by atoms with Crippen LogP contribution in [0.1, 0.15) is 19.4 Å². The smallest absolute Gasteiger partial charge is 0.0633 e. The molecule has 0 amide bonds. The average molecular weight is 258 g/mol. The van der Waals surface area contributed by atoms with E-state index in [0.717, 1.165) is 11.4 Å². The minimum absolute atomic E-state index is 0.0888. The molecule has 0 aliphatic carbocycles. The summed E-state index contributed by atoms with van der Waals surface area (Å²) < 4.78 is 0. The minimum atomic E-state index is -0.633. The zero-order valence-corrected chi connectivity index (χ0v) is 11.0. The summed E-state index contributed by atoms with van der Waals surface area (Å²) in [7, 11) is 0. The van der Waals surface area contributed by atoms with Crippen LogP contribution in [0.15, 0.2) is 24.3 Å². The van der Waals surface area contributed by atoms with Crippen LogP contribution in [0.2, 0.25) is 5.02 Å². The summed E-state index contributed by atoms with van der Waals surface area (Å²) in [6.45, 7) is 3.65. The van der Waals surface area contributed by atoms with Crippen molar-refractivity contribution in [2.75, 3.05) is 13.2 Å². The van der Waals surface area contributed by atoms with Crippen molar-refractivity contribution in [1.29, 1.82) is 0 Å². The zero-order valence-electron chi connectivity index (χ0n) is 10.3. The van der Waals surface area contributed by atoms with Crippen LogP contribution in [0, 0.1) is 0 Å². The minimum Gasteiger partial charge on any atom is -0.394 e. The van der Waals surface area contributed by atoms with Gasteiger partial charge in [0.25, 0.3) is 0 Å². The lowest BCUT2D eigenvalue weighted by atomic mass is 10.0. The molecule has 0 fully saturated rings. The number of aliphatic hydroxyl groups is 2. The second-order valence-electron chi connectivity index (χ2n) is 4.75. The molecule has 4 heteroatoms. The third-order valence-electron chi connectivity index (χ3n) is 2.75. The van der Waals surface area contributed by atoms with Gasteiger partial charge in [-0.1, -0.05) is 23.7 Å². The Bertz CT molecular complexity index is 336. The van der Waals surface area contributed by atoms with Gasteiger partial charge in [0.1, 0.15) is 0 Å². The Hall–Kier alpha value is -0.610. The summed E-state index contributed by atoms with van der Waals surface area (Å²) in [4.78, 5) is 0. The number of aliphatic hydroxyl groups excluding tert-OH is 2. The standard InChI is InChI=1S/C13H20ClNO2/c1-10(15-13(2,8-16)9-17)7-11-3-5-12(14)6-4-11/h3-6,10,15-17H,7-9H2,1-2H3. The lowest BCUT2D eigenvalue weighted by molar-refractivity contribution is 0.0957. The number of nitrogens with one attached hydrogen (secondary N) is 1. The van der Waals surface area contributed by atoms with Gasteiger partial charge in [0, 0.05) is 11.1 Å². The molecule has 0 spiro atoms. The van der Waals surface area contributed by atoms with E-state index in [9.17, 15) is 10.2 Å². The van der Waals surface area contributed by atoms with Gasteiger partial charge in [0.2, 0.25) is 0 Å². The molecule has 0 aliphatic rings. The van der Waals surface area contributed by atoms with Crippen LogP contribution >= 0.6 is 11.6 Å². The molecule has 0 saturated carbocycles. The molecular formula is C13H20ClNO2. The van der Waals surface area contributed by atoms with Crippen LogP contribution in [0.5, 0.6) is 0 Å². The van der Waals surface area contributed by atoms with Crippen molar-refractivity contribution in [2.24, 2.45) is 0 Å². The Morgan fingerprint density at radius 3 is 2.24 bits per heavy atom. The van der Waals surface area contributed by atoms with E-state index < -0.39 is 5.54 Å². The maximum absolute atomic E-state index is 9.20. The number of benzene rings is 1. The van der Waals surface area contributed by atoms with Crippen molar-refractivity contribution in [1.82, 2.24) is 5.32 Å². The van der Waals surface area contributed by atoms with E-state index in [1.54, 1.807) is 6.92 Å². The quantitative estimate of drug-likeness (QED) is 0.726. The fourth-order valence-electron chi connectivity index (χ4n) is 1.76. The highest BCUT2D eigenvalue weighted by Gasteiger charge is 2.23. The van der Waals surface area contributed by atoms with Crippen molar-refractivity contribution in [3.05, 3.63) is 34.9 Å². The molecular weight excluding hydrogens is 238 g/mol. The monoisotopic (exact) mass is 257 g/mol. The summed E-state index contributed by atoms with van der Waals surface area (Å²) in [5.74, 6) is 0. The number of hydrogen-bond donors (Lipinski definition) is 3. The first kappa shape index (κ1) is 14.5. The van der Waals surface area contributed by atoms with E-state index in [1.807, 2.05) is 31.2 Å². The highest BCUT2D eigenvalue weighted by molar-refractivity contribution is 6.30. The average Bonchev–Trinajstić information content (AvgIpc) is 2.32. The van der Waals surface area contributed by atoms with Crippen LogP contribution in [0.4, 0.5) is 0 Å². The van der Waals surface area contributed by atoms with Gasteiger partial charge >= 0.3 is 0 Å². The second-order valence-corrected chi connectivity index (χ2v) is 5.19. The fourth-order valence-corrected chi connectivity index (χ4v) is 1.89. The SMILES string of the molecule is CC(Cc1ccc(Cl)cc1)NC(C)(CO)CO. The fraction of sp³-hybridized carbons (Fsp3) is 0.538. The largest absolute Gasteiger partial charge is 0.394 e. The molecule has 3 nitrogen and oxygen atoms in total. The molecule has 1 aromatic rings. The zero-order chi connectivity index (χ0) is 12.9. The van der Waals surface area contributed by atoms with Gasteiger partial charge < -0.3 is 15.5 Å². The van der Waals surface area contributed by atoms with Crippen LogP contribution in [0.3, 0.4) is 0 Å².